The summed E-state index contributed by atoms with van der Waals surface area (Å²) in [4.78, 5) is 16.8. The monoisotopic (exact) mass is 134 g/mol. The van der Waals surface area contributed by atoms with Crippen molar-refractivity contribution in [3.63, 3.8) is 0 Å². The van der Waals surface area contributed by atoms with E-state index in [1.807, 2.05) is 0 Å². The Balaban J connectivity index is -0.0000000133. The molecule has 0 N–H and O–H groups in total. The predicted octanol–water partition coefficient (Wildman–Crippen LogP) is -5.13. The van der Waals surface area contributed by atoms with Crippen molar-refractivity contribution in [2.75, 3.05) is 0 Å². The molecule has 0 aromatic carbocycles. The molecule has 28 valence electrons. The summed E-state index contributed by atoms with van der Waals surface area (Å²) in [5, 5.41) is 0. The largest absolute Gasteiger partial charge is 2.00 e. The Labute approximate surface area is 67.7 Å². The van der Waals surface area contributed by atoms with Gasteiger partial charge in [-0.15, -0.1) is 0 Å². The fraction of sp³-hybridized carbons (Fsp3) is 0. The van der Waals surface area contributed by atoms with Gasteiger partial charge in [0.15, 0.2) is 0 Å². The molecule has 2 nitrogen and oxygen atoms in total. The van der Waals surface area contributed by atoms with E-state index in [9.17, 15) is 0 Å². The van der Waals surface area contributed by atoms with E-state index >= 15 is 0 Å². The quantitative estimate of drug-likeness (QED) is 0.311. The van der Waals surface area contributed by atoms with Crippen molar-refractivity contribution in [1.82, 2.24) is 0 Å². The number of rotatable bonds is 0. The van der Waals surface area contributed by atoms with Crippen molar-refractivity contribution >= 4 is 58.7 Å². The third kappa shape index (κ3) is 28.2. The summed E-state index contributed by atoms with van der Waals surface area (Å²) in [7, 11) is 0.111. The standard InChI is InChI=1S/Ca.2H3OSi/c;2*1-2/h;2*2H3/q+2;2*-1. The average Bonchev–Trinajstić information content (AvgIpc) is 1.50. The second-order valence-electron chi connectivity index (χ2n) is 0. The Morgan fingerprint density at radius 2 is 0.800 bits per heavy atom. The van der Waals surface area contributed by atoms with Gasteiger partial charge in [0.25, 0.3) is 0 Å². The van der Waals surface area contributed by atoms with Gasteiger partial charge in [0.2, 0.25) is 0 Å². The minimum absolute atomic E-state index is 0. The van der Waals surface area contributed by atoms with Crippen molar-refractivity contribution in [1.29, 1.82) is 0 Å². The molecule has 5 heavy (non-hydrogen) atoms. The molecule has 0 bridgehead atoms. The molecule has 0 saturated heterocycles. The predicted molar refractivity (Wildman–Crippen MR) is 25.6 cm³/mol. The molecule has 0 aliphatic heterocycles. The summed E-state index contributed by atoms with van der Waals surface area (Å²) >= 11 is 0. The van der Waals surface area contributed by atoms with E-state index in [2.05, 4.69) is 0 Å². The maximum absolute atomic E-state index is 8.39. The van der Waals surface area contributed by atoms with Crippen LogP contribution in [0, 0.1) is 0 Å². The van der Waals surface area contributed by atoms with E-state index in [0.717, 1.165) is 0 Å². The topological polar surface area (TPSA) is 46.1 Å². The Hall–Kier alpha value is 1.61. The smallest absolute Gasteiger partial charge is 0.865 e. The molecule has 5 heteroatoms. The molecular weight excluding hydrogens is 128 g/mol. The first-order valence-electron chi connectivity index (χ1n) is 0.816. The summed E-state index contributed by atoms with van der Waals surface area (Å²) in [6, 6.07) is 0. The fourth-order valence-electron chi connectivity index (χ4n) is 0. The number of hydrogen-bond acceptors (Lipinski definition) is 2. The molecule has 0 rings (SSSR count). The van der Waals surface area contributed by atoms with Crippen LogP contribution in [0.25, 0.3) is 0 Å². The molecule has 0 heterocycles. The van der Waals surface area contributed by atoms with Crippen molar-refractivity contribution in [2.45, 2.75) is 0 Å². The molecule has 0 saturated carbocycles. The first kappa shape index (κ1) is 16.0. The van der Waals surface area contributed by atoms with Crippen LogP contribution in [0.4, 0.5) is 0 Å². The summed E-state index contributed by atoms with van der Waals surface area (Å²) in [5.74, 6) is 0. The maximum atomic E-state index is 8.39. The second-order valence-corrected chi connectivity index (χ2v) is 0. The van der Waals surface area contributed by atoms with E-state index in [4.69, 9.17) is 9.59 Å². The Morgan fingerprint density at radius 1 is 0.800 bits per heavy atom. The second kappa shape index (κ2) is 45.9. The summed E-state index contributed by atoms with van der Waals surface area (Å²) in [5.41, 5.74) is 0. The van der Waals surface area contributed by atoms with Gasteiger partial charge < -0.3 is 9.59 Å². The molecule has 0 atom stereocenters. The van der Waals surface area contributed by atoms with Crippen LogP contribution in [0.3, 0.4) is 0 Å². The van der Waals surface area contributed by atoms with E-state index in [1.54, 1.807) is 0 Å². The summed E-state index contributed by atoms with van der Waals surface area (Å²) in [6.07, 6.45) is 0. The molecule has 0 radical (unpaired) electrons. The third-order valence-corrected chi connectivity index (χ3v) is 0. The molecule has 0 aromatic rings. The first-order chi connectivity index (χ1) is 2.00. The van der Waals surface area contributed by atoms with E-state index in [-0.39, 0.29) is 58.7 Å². The zero-order valence-electron chi connectivity index (χ0n) is 3.52. The van der Waals surface area contributed by atoms with Gasteiger partial charge in [-0.2, -0.15) is 0 Å². The fourth-order valence-corrected chi connectivity index (χ4v) is 0. The maximum Gasteiger partial charge on any atom is 2.00 e. The van der Waals surface area contributed by atoms with Gasteiger partial charge in [0.05, 0.1) is 0 Å². The molecule has 0 unspecified atom stereocenters. The third-order valence-electron chi connectivity index (χ3n) is 0. The van der Waals surface area contributed by atoms with Crippen LogP contribution < -0.4 is 9.59 Å². The van der Waals surface area contributed by atoms with Crippen molar-refractivity contribution < 1.29 is 9.59 Å². The zero-order valence-corrected chi connectivity index (χ0v) is 9.73. The normalized spacial score (nSPS) is 3.60. The molecule has 0 aromatic heterocycles. The van der Waals surface area contributed by atoms with Gasteiger partial charge in [0, 0.05) is 0 Å². The Kier molecular flexibility index (Phi) is 146. The van der Waals surface area contributed by atoms with Crippen LogP contribution in [0.15, 0.2) is 0 Å². The van der Waals surface area contributed by atoms with Crippen molar-refractivity contribution in [3.8, 4) is 0 Å². The Bertz CT molecular complexity index is 7.61. The van der Waals surface area contributed by atoms with Gasteiger partial charge in [-0.25, -0.2) is 0 Å². The van der Waals surface area contributed by atoms with Gasteiger partial charge in [-0.3, -0.25) is 0 Å². The van der Waals surface area contributed by atoms with Crippen LogP contribution >= 0.6 is 0 Å². The van der Waals surface area contributed by atoms with Crippen LogP contribution in [-0.2, 0) is 0 Å². The van der Waals surface area contributed by atoms with Crippen LogP contribution in [0.2, 0.25) is 0 Å². The molecule has 0 spiro atoms. The zero-order chi connectivity index (χ0) is 4.00. The van der Waals surface area contributed by atoms with Crippen molar-refractivity contribution in [2.24, 2.45) is 0 Å². The van der Waals surface area contributed by atoms with Crippen LogP contribution in [0.5, 0.6) is 0 Å². The number of hydrogen-bond donors (Lipinski definition) is 0. The van der Waals surface area contributed by atoms with Gasteiger partial charge in [-0.1, -0.05) is 21.0 Å². The van der Waals surface area contributed by atoms with E-state index in [0.29, 0.717) is 0 Å². The van der Waals surface area contributed by atoms with Gasteiger partial charge >= 0.3 is 37.7 Å². The minimum Gasteiger partial charge on any atom is -0.865 e. The molecule has 0 aliphatic carbocycles. The Morgan fingerprint density at radius 3 is 0.800 bits per heavy atom. The summed E-state index contributed by atoms with van der Waals surface area (Å²) < 4.78 is 0. The first-order valence-corrected chi connectivity index (χ1v) is 2.45. The van der Waals surface area contributed by atoms with E-state index in [1.165, 1.54) is 0 Å². The SMILES string of the molecule is [Ca+2].[O-][SiH3].[O-][SiH3]. The molecular formula is H6CaO2Si2. The minimum atomic E-state index is 0. The molecule has 0 fully saturated rings. The molecule has 0 amide bonds. The van der Waals surface area contributed by atoms with Gasteiger partial charge in [0.1, 0.15) is 0 Å². The average molecular weight is 134 g/mol. The van der Waals surface area contributed by atoms with Crippen LogP contribution in [-0.4, -0.2) is 58.7 Å². The van der Waals surface area contributed by atoms with Crippen LogP contribution in [0.1, 0.15) is 0 Å². The van der Waals surface area contributed by atoms with Crippen molar-refractivity contribution in [3.05, 3.63) is 0 Å². The van der Waals surface area contributed by atoms with Gasteiger partial charge in [-0.05, 0) is 0 Å². The molecule has 0 aliphatic rings. The summed E-state index contributed by atoms with van der Waals surface area (Å²) in [6.45, 7) is 0. The van der Waals surface area contributed by atoms with E-state index < -0.39 is 0 Å².